The summed E-state index contributed by atoms with van der Waals surface area (Å²) in [6, 6.07) is 9.39. The molecule has 1 N–H and O–H groups in total. The molecule has 31 heavy (non-hydrogen) atoms. The summed E-state index contributed by atoms with van der Waals surface area (Å²) in [4.78, 5) is 12.4. The van der Waals surface area contributed by atoms with Crippen molar-refractivity contribution in [3.05, 3.63) is 41.4 Å². The van der Waals surface area contributed by atoms with E-state index in [9.17, 15) is 13.2 Å². The lowest BCUT2D eigenvalue weighted by Gasteiger charge is -2.26. The van der Waals surface area contributed by atoms with Crippen LogP contribution in [0.15, 0.2) is 41.3 Å². The number of carbonyl (C=O) groups excluding carboxylic acids is 1. The summed E-state index contributed by atoms with van der Waals surface area (Å²) in [7, 11) is -3.59. The number of rotatable bonds is 6. The number of benzene rings is 2. The molecule has 1 amide bonds. The van der Waals surface area contributed by atoms with E-state index >= 15 is 0 Å². The number of carbonyl (C=O) groups is 1. The van der Waals surface area contributed by atoms with E-state index in [1.807, 2.05) is 0 Å². The van der Waals surface area contributed by atoms with E-state index in [1.165, 1.54) is 22.5 Å². The number of piperidine rings is 1. The SMILES string of the molecule is O=C(COc1ccc(S(=O)(=O)N2CCCCC2)cc1Cl)Nc1ccc2c(c1)OCCO2. The van der Waals surface area contributed by atoms with Crippen LogP contribution in [0.25, 0.3) is 0 Å². The number of nitrogens with zero attached hydrogens (tertiary/aromatic N) is 1. The maximum atomic E-state index is 12.8. The van der Waals surface area contributed by atoms with Gasteiger partial charge in [-0.1, -0.05) is 18.0 Å². The fourth-order valence-corrected chi connectivity index (χ4v) is 5.32. The van der Waals surface area contributed by atoms with E-state index in [0.717, 1.165) is 19.3 Å². The van der Waals surface area contributed by atoms with Crippen LogP contribution in [0.3, 0.4) is 0 Å². The van der Waals surface area contributed by atoms with Crippen molar-refractivity contribution in [1.29, 1.82) is 0 Å². The van der Waals surface area contributed by atoms with Gasteiger partial charge in [0.05, 0.1) is 9.92 Å². The highest BCUT2D eigenvalue weighted by molar-refractivity contribution is 7.89. The Morgan fingerprint density at radius 2 is 1.77 bits per heavy atom. The van der Waals surface area contributed by atoms with Crippen LogP contribution in [0, 0.1) is 0 Å². The number of anilines is 1. The Kier molecular flexibility index (Phi) is 6.54. The van der Waals surface area contributed by atoms with E-state index in [0.29, 0.717) is 43.5 Å². The van der Waals surface area contributed by atoms with Gasteiger partial charge in [0, 0.05) is 24.8 Å². The van der Waals surface area contributed by atoms with Gasteiger partial charge in [0.2, 0.25) is 10.0 Å². The van der Waals surface area contributed by atoms with Gasteiger partial charge in [-0.2, -0.15) is 4.31 Å². The van der Waals surface area contributed by atoms with Crippen LogP contribution >= 0.6 is 11.6 Å². The standard InChI is InChI=1S/C21H23ClN2O6S/c22-17-13-16(31(26,27)24-8-2-1-3-9-24)5-7-18(17)30-14-21(25)23-15-4-6-19-20(12-15)29-11-10-28-19/h4-7,12-13H,1-3,8-11,14H2,(H,23,25). The molecule has 166 valence electrons. The van der Waals surface area contributed by atoms with Crippen LogP contribution in [0.1, 0.15) is 19.3 Å². The van der Waals surface area contributed by atoms with Gasteiger partial charge in [0.1, 0.15) is 19.0 Å². The van der Waals surface area contributed by atoms with Gasteiger partial charge in [-0.3, -0.25) is 4.79 Å². The second-order valence-electron chi connectivity index (χ2n) is 7.25. The molecule has 4 rings (SSSR count). The van der Waals surface area contributed by atoms with Crippen molar-refractivity contribution >= 4 is 33.2 Å². The highest BCUT2D eigenvalue weighted by Gasteiger charge is 2.26. The number of amides is 1. The lowest BCUT2D eigenvalue weighted by atomic mass is 10.2. The maximum absolute atomic E-state index is 12.8. The van der Waals surface area contributed by atoms with Crippen molar-refractivity contribution in [2.75, 3.05) is 38.2 Å². The van der Waals surface area contributed by atoms with E-state index < -0.39 is 15.9 Å². The zero-order valence-electron chi connectivity index (χ0n) is 16.8. The topological polar surface area (TPSA) is 94.2 Å². The van der Waals surface area contributed by atoms with Gasteiger partial charge in [0.25, 0.3) is 5.91 Å². The molecule has 1 saturated heterocycles. The number of fused-ring (bicyclic) bond motifs is 1. The molecule has 0 spiro atoms. The number of ether oxygens (including phenoxy) is 3. The fourth-order valence-electron chi connectivity index (χ4n) is 3.47. The molecule has 2 heterocycles. The lowest BCUT2D eigenvalue weighted by Crippen LogP contribution is -2.35. The summed E-state index contributed by atoms with van der Waals surface area (Å²) >= 11 is 6.23. The second kappa shape index (κ2) is 9.33. The number of sulfonamides is 1. The quantitative estimate of drug-likeness (QED) is 0.702. The molecular formula is C21H23ClN2O6S. The third kappa shape index (κ3) is 5.06. The van der Waals surface area contributed by atoms with Gasteiger partial charge in [-0.05, 0) is 43.2 Å². The monoisotopic (exact) mass is 466 g/mol. The minimum Gasteiger partial charge on any atom is -0.486 e. The number of hydrogen-bond acceptors (Lipinski definition) is 6. The summed E-state index contributed by atoms with van der Waals surface area (Å²) in [5.74, 6) is 1.04. The molecule has 2 aromatic rings. The molecule has 8 nitrogen and oxygen atoms in total. The first-order valence-corrected chi connectivity index (χ1v) is 11.9. The minimum absolute atomic E-state index is 0.118. The van der Waals surface area contributed by atoms with Crippen LogP contribution in [0.5, 0.6) is 17.2 Å². The Labute approximate surface area is 186 Å². The third-order valence-corrected chi connectivity index (χ3v) is 7.23. The van der Waals surface area contributed by atoms with Gasteiger partial charge in [0.15, 0.2) is 18.1 Å². The van der Waals surface area contributed by atoms with Crippen LogP contribution in [-0.2, 0) is 14.8 Å². The maximum Gasteiger partial charge on any atom is 0.262 e. The number of halogens is 1. The van der Waals surface area contributed by atoms with Gasteiger partial charge in [-0.25, -0.2) is 8.42 Å². The van der Waals surface area contributed by atoms with Crippen molar-refractivity contribution < 1.29 is 27.4 Å². The molecule has 0 unspecified atom stereocenters. The molecule has 0 aliphatic carbocycles. The summed E-state index contributed by atoms with van der Waals surface area (Å²) < 4.78 is 43.4. The summed E-state index contributed by atoms with van der Waals surface area (Å²) in [6.07, 6.45) is 2.74. The molecule has 1 fully saturated rings. The largest absolute Gasteiger partial charge is 0.486 e. The van der Waals surface area contributed by atoms with Crippen LogP contribution < -0.4 is 19.5 Å². The Morgan fingerprint density at radius 1 is 1.03 bits per heavy atom. The zero-order chi connectivity index (χ0) is 21.8. The van der Waals surface area contributed by atoms with E-state index in [4.69, 9.17) is 25.8 Å². The number of nitrogens with one attached hydrogen (secondary N) is 1. The molecule has 0 atom stereocenters. The predicted molar refractivity (Wildman–Crippen MR) is 116 cm³/mol. The van der Waals surface area contributed by atoms with Gasteiger partial charge < -0.3 is 19.5 Å². The molecule has 0 radical (unpaired) electrons. The second-order valence-corrected chi connectivity index (χ2v) is 9.60. The predicted octanol–water partition coefficient (Wildman–Crippen LogP) is 3.30. The first-order chi connectivity index (χ1) is 14.9. The Hall–Kier alpha value is -2.49. The van der Waals surface area contributed by atoms with Crippen molar-refractivity contribution in [2.24, 2.45) is 0 Å². The molecule has 2 aromatic carbocycles. The summed E-state index contributed by atoms with van der Waals surface area (Å²) in [5.41, 5.74) is 0.548. The van der Waals surface area contributed by atoms with Crippen molar-refractivity contribution in [1.82, 2.24) is 4.31 Å². The third-order valence-electron chi connectivity index (χ3n) is 5.04. The number of hydrogen-bond donors (Lipinski definition) is 1. The van der Waals surface area contributed by atoms with Crippen molar-refractivity contribution in [3.8, 4) is 17.2 Å². The molecule has 10 heteroatoms. The van der Waals surface area contributed by atoms with Crippen molar-refractivity contribution in [3.63, 3.8) is 0 Å². The fraction of sp³-hybridized carbons (Fsp3) is 0.381. The zero-order valence-corrected chi connectivity index (χ0v) is 18.4. The molecule has 0 bridgehead atoms. The smallest absolute Gasteiger partial charge is 0.262 e. The van der Waals surface area contributed by atoms with Crippen LogP contribution in [-0.4, -0.2) is 51.5 Å². The first-order valence-electron chi connectivity index (χ1n) is 10.1. The Bertz CT molecular complexity index is 1070. The van der Waals surface area contributed by atoms with E-state index in [1.54, 1.807) is 18.2 Å². The van der Waals surface area contributed by atoms with Crippen LogP contribution in [0.4, 0.5) is 5.69 Å². The average Bonchev–Trinajstić information content (AvgIpc) is 2.78. The Morgan fingerprint density at radius 3 is 2.52 bits per heavy atom. The highest BCUT2D eigenvalue weighted by Crippen LogP contribution is 2.33. The minimum atomic E-state index is -3.59. The van der Waals surface area contributed by atoms with Gasteiger partial charge >= 0.3 is 0 Å². The van der Waals surface area contributed by atoms with E-state index in [-0.39, 0.29) is 22.3 Å². The van der Waals surface area contributed by atoms with E-state index in [2.05, 4.69) is 5.32 Å². The molecule has 2 aliphatic heterocycles. The highest BCUT2D eigenvalue weighted by atomic mass is 35.5. The Balaban J connectivity index is 1.37. The summed E-state index contributed by atoms with van der Waals surface area (Å²) in [5, 5.41) is 2.85. The molecular weight excluding hydrogens is 444 g/mol. The first kappa shape index (κ1) is 21.7. The molecule has 0 saturated carbocycles. The molecule has 0 aromatic heterocycles. The lowest BCUT2D eigenvalue weighted by molar-refractivity contribution is -0.118. The molecule has 2 aliphatic rings. The van der Waals surface area contributed by atoms with Crippen LogP contribution in [0.2, 0.25) is 5.02 Å². The van der Waals surface area contributed by atoms with Gasteiger partial charge in [-0.15, -0.1) is 0 Å². The average molecular weight is 467 g/mol. The van der Waals surface area contributed by atoms with Crippen molar-refractivity contribution in [2.45, 2.75) is 24.2 Å². The summed E-state index contributed by atoms with van der Waals surface area (Å²) in [6.45, 7) is 1.68. The normalized spacial score (nSPS) is 16.5.